The van der Waals surface area contributed by atoms with Crippen LogP contribution in [0.25, 0.3) is 0 Å². The summed E-state index contributed by atoms with van der Waals surface area (Å²) < 4.78 is 31.8. The molecule has 0 amide bonds. The maximum absolute atomic E-state index is 14.6. The van der Waals surface area contributed by atoms with Crippen molar-refractivity contribution in [1.82, 2.24) is 0 Å². The fourth-order valence-corrected chi connectivity index (χ4v) is 8.88. The van der Waals surface area contributed by atoms with E-state index in [2.05, 4.69) is 88.8 Å². The molecule has 5 aromatic carbocycles. The normalized spacial score (nSPS) is 13.5. The lowest BCUT2D eigenvalue weighted by Crippen LogP contribution is -2.18. The molecular weight excluding hydrogens is 847 g/mol. The summed E-state index contributed by atoms with van der Waals surface area (Å²) in [6.45, 7) is 33.2. The highest BCUT2D eigenvalue weighted by molar-refractivity contribution is 7.43. The second-order valence-corrected chi connectivity index (χ2v) is 20.6. The number of carbonyl (C=O) groups excluding carboxylic acids is 1. The minimum atomic E-state index is -2.42. The van der Waals surface area contributed by atoms with Crippen LogP contribution in [0.5, 0.6) is 28.7 Å². The van der Waals surface area contributed by atoms with Crippen molar-refractivity contribution in [1.29, 1.82) is 0 Å². The smallest absolute Gasteiger partial charge is 0.418 e. The van der Waals surface area contributed by atoms with Crippen molar-refractivity contribution < 1.29 is 32.3 Å². The van der Waals surface area contributed by atoms with E-state index in [1.807, 2.05) is 136 Å². The van der Waals surface area contributed by atoms with Gasteiger partial charge in [0, 0.05) is 11.1 Å². The van der Waals surface area contributed by atoms with E-state index in [0.29, 0.717) is 40.5 Å². The van der Waals surface area contributed by atoms with Crippen molar-refractivity contribution in [3.05, 3.63) is 185 Å². The molecule has 65 heavy (non-hydrogen) atoms. The Morgan fingerprint density at radius 2 is 1.03 bits per heavy atom. The largest absolute Gasteiger partial charge is 0.530 e. The Hall–Kier alpha value is -5.19. The van der Waals surface area contributed by atoms with Crippen LogP contribution in [0.1, 0.15) is 147 Å². The molecule has 0 saturated carbocycles. The highest BCUT2D eigenvalue weighted by atomic mass is 31.2. The SMILES string of the molecule is C=C/C(=C\C=C/C)C(C)(C)C.CC.CC(C)c1ccccc1OP(Oc1ccccc1C(C)(C)C)Oc1cccc2c1C(=O)c1c(cccc1OP(O)Oc1ccccc1C(C)(C)C)C2. The van der Waals surface area contributed by atoms with Gasteiger partial charge in [0.2, 0.25) is 5.78 Å². The summed E-state index contributed by atoms with van der Waals surface area (Å²) in [6, 6.07) is 34.2. The second-order valence-electron chi connectivity index (χ2n) is 18.8. The molecular formula is C56H70O7P2. The zero-order chi connectivity index (χ0) is 48.1. The third-order valence-electron chi connectivity index (χ3n) is 10.4. The number of ketones is 1. The molecule has 0 spiro atoms. The van der Waals surface area contributed by atoms with Crippen LogP contribution in [-0.2, 0) is 17.3 Å². The van der Waals surface area contributed by atoms with Gasteiger partial charge in [-0.05, 0) is 88.1 Å². The fraction of sp³-hybridized carbons (Fsp3) is 0.339. The summed E-state index contributed by atoms with van der Waals surface area (Å²) in [7, 11) is -4.52. The summed E-state index contributed by atoms with van der Waals surface area (Å²) in [6.07, 6.45) is 8.55. The summed E-state index contributed by atoms with van der Waals surface area (Å²) in [5.41, 5.74) is 6.35. The molecule has 0 saturated heterocycles. The maximum Gasteiger partial charge on any atom is 0.530 e. The number of carbonyl (C=O) groups is 1. The number of rotatable bonds is 13. The lowest BCUT2D eigenvalue weighted by molar-refractivity contribution is 0.103. The Morgan fingerprint density at radius 1 is 0.615 bits per heavy atom. The molecule has 0 aliphatic heterocycles. The molecule has 2 atom stereocenters. The van der Waals surface area contributed by atoms with Crippen molar-refractivity contribution in [2.24, 2.45) is 5.41 Å². The van der Waals surface area contributed by atoms with Crippen LogP contribution < -0.4 is 22.6 Å². The van der Waals surface area contributed by atoms with Gasteiger partial charge in [0.05, 0.1) is 11.1 Å². The van der Waals surface area contributed by atoms with E-state index in [1.54, 1.807) is 12.1 Å². The third-order valence-corrected chi connectivity index (χ3v) is 12.2. The summed E-state index contributed by atoms with van der Waals surface area (Å²) in [5, 5.41) is 0. The number of benzene rings is 5. The van der Waals surface area contributed by atoms with E-state index in [0.717, 1.165) is 27.8 Å². The molecule has 0 heterocycles. The quantitative estimate of drug-likeness (QED) is 0.0912. The van der Waals surface area contributed by atoms with Gasteiger partial charge >= 0.3 is 17.2 Å². The lowest BCUT2D eigenvalue weighted by atomic mass is 9.84. The maximum atomic E-state index is 14.6. The van der Waals surface area contributed by atoms with Crippen LogP contribution in [0.2, 0.25) is 0 Å². The average molecular weight is 917 g/mol. The highest BCUT2D eigenvalue weighted by Crippen LogP contribution is 2.50. The van der Waals surface area contributed by atoms with Crippen molar-refractivity contribution in [2.75, 3.05) is 0 Å². The predicted octanol–water partition coefficient (Wildman–Crippen LogP) is 16.7. The zero-order valence-corrected chi connectivity index (χ0v) is 42.8. The predicted molar refractivity (Wildman–Crippen MR) is 273 cm³/mol. The van der Waals surface area contributed by atoms with Crippen LogP contribution in [0, 0.1) is 5.41 Å². The first-order valence-corrected chi connectivity index (χ1v) is 24.7. The molecule has 0 fully saturated rings. The monoisotopic (exact) mass is 916 g/mol. The molecule has 1 N–H and O–H groups in total. The Balaban J connectivity index is 0.000000624. The first-order chi connectivity index (χ1) is 30.7. The van der Waals surface area contributed by atoms with Gasteiger partial charge < -0.3 is 27.5 Å². The van der Waals surface area contributed by atoms with Gasteiger partial charge in [-0.15, -0.1) is 0 Å². The van der Waals surface area contributed by atoms with E-state index in [-0.39, 0.29) is 33.7 Å². The average Bonchev–Trinajstić information content (AvgIpc) is 3.24. The van der Waals surface area contributed by atoms with Gasteiger partial charge in [-0.3, -0.25) is 4.79 Å². The van der Waals surface area contributed by atoms with E-state index in [4.69, 9.17) is 22.6 Å². The zero-order valence-electron chi connectivity index (χ0n) is 41.0. The van der Waals surface area contributed by atoms with Crippen LogP contribution >= 0.6 is 17.2 Å². The van der Waals surface area contributed by atoms with Crippen molar-refractivity contribution in [3.8, 4) is 28.7 Å². The topological polar surface area (TPSA) is 83.5 Å². The number of hydrogen-bond donors (Lipinski definition) is 1. The minimum Gasteiger partial charge on any atom is -0.418 e. The highest BCUT2D eigenvalue weighted by Gasteiger charge is 2.34. The van der Waals surface area contributed by atoms with E-state index >= 15 is 0 Å². The number of hydrogen-bond acceptors (Lipinski definition) is 7. The molecule has 346 valence electrons. The molecule has 5 aromatic rings. The van der Waals surface area contributed by atoms with E-state index in [9.17, 15) is 9.69 Å². The molecule has 0 bridgehead atoms. The van der Waals surface area contributed by atoms with Gasteiger partial charge in [0.25, 0.3) is 0 Å². The molecule has 1 aliphatic rings. The Morgan fingerprint density at radius 3 is 1.51 bits per heavy atom. The molecule has 1 aliphatic carbocycles. The van der Waals surface area contributed by atoms with Crippen LogP contribution in [0.4, 0.5) is 0 Å². The first kappa shape index (κ1) is 52.4. The first-order valence-electron chi connectivity index (χ1n) is 22.4. The third kappa shape index (κ3) is 14.2. The summed E-state index contributed by atoms with van der Waals surface area (Å²) in [4.78, 5) is 25.6. The van der Waals surface area contributed by atoms with Gasteiger partial charge in [-0.1, -0.05) is 200 Å². The summed E-state index contributed by atoms with van der Waals surface area (Å²) in [5.74, 6) is 2.31. The van der Waals surface area contributed by atoms with Gasteiger partial charge in [-0.2, -0.15) is 0 Å². The molecule has 9 heteroatoms. The van der Waals surface area contributed by atoms with Crippen LogP contribution in [0.15, 0.2) is 146 Å². The minimum absolute atomic E-state index is 0.193. The molecule has 0 radical (unpaired) electrons. The van der Waals surface area contributed by atoms with Gasteiger partial charge in [0.1, 0.15) is 28.7 Å². The Labute approximate surface area is 392 Å². The van der Waals surface area contributed by atoms with E-state index in [1.165, 1.54) is 5.57 Å². The Bertz CT molecular complexity index is 2430. The van der Waals surface area contributed by atoms with Crippen molar-refractivity contribution in [3.63, 3.8) is 0 Å². The van der Waals surface area contributed by atoms with Crippen LogP contribution in [0.3, 0.4) is 0 Å². The standard InChI is InChI=1S/C43H46O7P2.C11H18.C2H6/c1-28(2)31-19-9-12-22-34(31)48-52(49-36-24-14-11-21-33(36)43(6,7)8)50-38-26-16-18-30-27-29-17-15-25-37(39(29)41(44)40(30)38)47-51(45)46-35-23-13-10-20-32(35)42(3,4)5;1-6-8-9-10(7-2)11(3,4)5;1-2/h9-26,28,45H,27H2,1-8H3;6-9H,2H2,1,3-5H3;1-2H3/b;8-6-,10-9+;. The second kappa shape index (κ2) is 23.3. The molecule has 2 unspecified atom stereocenters. The number of fused-ring (bicyclic) bond motifs is 2. The number of para-hydroxylation sites is 3. The molecule has 7 nitrogen and oxygen atoms in total. The summed E-state index contributed by atoms with van der Waals surface area (Å²) >= 11 is 0. The lowest BCUT2D eigenvalue weighted by Gasteiger charge is -2.27. The fourth-order valence-electron chi connectivity index (χ4n) is 7.13. The molecule has 6 rings (SSSR count). The Kier molecular flexibility index (Phi) is 18.8. The van der Waals surface area contributed by atoms with Crippen LogP contribution in [-0.4, -0.2) is 10.7 Å². The van der Waals surface area contributed by atoms with Crippen molar-refractivity contribution in [2.45, 2.75) is 120 Å². The van der Waals surface area contributed by atoms with Crippen molar-refractivity contribution >= 4 is 23.0 Å². The van der Waals surface area contributed by atoms with Gasteiger partial charge in [-0.25, -0.2) is 0 Å². The van der Waals surface area contributed by atoms with Gasteiger partial charge in [0.15, 0.2) is 0 Å². The molecule has 0 aromatic heterocycles. The number of allylic oxidation sites excluding steroid dienone is 5. The van der Waals surface area contributed by atoms with E-state index < -0.39 is 17.2 Å².